The van der Waals surface area contributed by atoms with Crippen LogP contribution in [0.2, 0.25) is 0 Å². The number of para-hydroxylation sites is 1. The monoisotopic (exact) mass is 557 g/mol. The van der Waals surface area contributed by atoms with E-state index in [9.17, 15) is 9.90 Å². The molecule has 0 bridgehead atoms. The number of piperidine rings is 2. The molecule has 1 aromatic heterocycles. The number of nitrogens with one attached hydrogen (secondary N) is 2. The third-order valence-corrected chi connectivity index (χ3v) is 8.76. The summed E-state index contributed by atoms with van der Waals surface area (Å²) in [4.78, 5) is 25.2. The number of hydrogen-bond donors (Lipinski definition) is 4. The first-order chi connectivity index (χ1) is 20.0. The summed E-state index contributed by atoms with van der Waals surface area (Å²) in [5.74, 6) is 2.54. The van der Waals surface area contributed by atoms with Crippen molar-refractivity contribution >= 4 is 29.2 Å². The zero-order valence-corrected chi connectivity index (χ0v) is 23.4. The fourth-order valence-corrected chi connectivity index (χ4v) is 6.44. The number of nitrogens with zero attached hydrogens (tertiary/aromatic N) is 4. The predicted octanol–water partition coefficient (Wildman–Crippen LogP) is 4.49. The summed E-state index contributed by atoms with van der Waals surface area (Å²) in [5.41, 5.74) is 8.48. The first kappa shape index (κ1) is 27.1. The van der Waals surface area contributed by atoms with E-state index >= 15 is 0 Å². The van der Waals surface area contributed by atoms with Crippen LogP contribution in [0.5, 0.6) is 11.5 Å². The van der Waals surface area contributed by atoms with Crippen LogP contribution in [0.3, 0.4) is 0 Å². The van der Waals surface area contributed by atoms with Gasteiger partial charge in [0.25, 0.3) is 0 Å². The summed E-state index contributed by atoms with van der Waals surface area (Å²) in [7, 11) is 0. The van der Waals surface area contributed by atoms with Gasteiger partial charge >= 0.3 is 5.97 Å². The summed E-state index contributed by atoms with van der Waals surface area (Å²) in [6.45, 7) is 4.95. The lowest BCUT2D eigenvalue weighted by Crippen LogP contribution is -2.41. The molecule has 4 heterocycles. The molecule has 2 aromatic carbocycles. The highest BCUT2D eigenvalue weighted by molar-refractivity contribution is 5.74. The lowest BCUT2D eigenvalue weighted by atomic mass is 9.76. The van der Waals surface area contributed by atoms with Crippen molar-refractivity contribution < 1.29 is 14.6 Å². The molecule has 0 aliphatic carbocycles. The van der Waals surface area contributed by atoms with E-state index in [0.29, 0.717) is 18.8 Å². The average Bonchev–Trinajstić information content (AvgIpc) is 3.41. The van der Waals surface area contributed by atoms with Gasteiger partial charge in [-0.1, -0.05) is 24.3 Å². The summed E-state index contributed by atoms with van der Waals surface area (Å²) in [6, 6.07) is 17.6. The third-order valence-electron chi connectivity index (χ3n) is 8.76. The minimum absolute atomic E-state index is 0.0343. The third kappa shape index (κ3) is 6.17. The van der Waals surface area contributed by atoms with Crippen LogP contribution in [0.15, 0.2) is 54.6 Å². The van der Waals surface area contributed by atoms with Gasteiger partial charge in [-0.3, -0.25) is 4.79 Å². The Bertz CT molecular complexity index is 1360. The van der Waals surface area contributed by atoms with Gasteiger partial charge in [-0.05, 0) is 68.2 Å². The zero-order valence-electron chi connectivity index (χ0n) is 23.4. The van der Waals surface area contributed by atoms with Gasteiger partial charge in [0.1, 0.15) is 29.2 Å². The molecule has 6 rings (SSSR count). The lowest BCUT2D eigenvalue weighted by Gasteiger charge is -2.39. The summed E-state index contributed by atoms with van der Waals surface area (Å²) in [6.07, 6.45) is 6.15. The fourth-order valence-electron chi connectivity index (χ4n) is 6.44. The molecule has 10 heteroatoms. The van der Waals surface area contributed by atoms with Gasteiger partial charge in [-0.2, -0.15) is 9.97 Å². The van der Waals surface area contributed by atoms with Crippen molar-refractivity contribution in [3.63, 3.8) is 0 Å². The molecular formula is C31H39N7O3. The fraction of sp³-hybridized carbons (Fsp3) is 0.452. The van der Waals surface area contributed by atoms with Gasteiger partial charge in [0.2, 0.25) is 5.95 Å². The van der Waals surface area contributed by atoms with E-state index in [1.54, 1.807) is 0 Å². The first-order valence-corrected chi connectivity index (χ1v) is 14.7. The molecule has 3 aliphatic rings. The van der Waals surface area contributed by atoms with Crippen molar-refractivity contribution in [3.8, 4) is 11.5 Å². The number of benzene rings is 2. The number of aliphatic carboxylic acids is 1. The maximum absolute atomic E-state index is 11.5. The van der Waals surface area contributed by atoms with Gasteiger partial charge in [-0.15, -0.1) is 0 Å². The molecule has 0 saturated carbocycles. The first-order valence-electron chi connectivity index (χ1n) is 14.7. The van der Waals surface area contributed by atoms with Crippen molar-refractivity contribution in [1.82, 2.24) is 15.3 Å². The molecule has 0 radical (unpaired) electrons. The highest BCUT2D eigenvalue weighted by Gasteiger charge is 2.43. The second kappa shape index (κ2) is 11.8. The van der Waals surface area contributed by atoms with E-state index in [0.717, 1.165) is 68.4 Å². The quantitative estimate of drug-likeness (QED) is 0.314. The molecule has 3 fully saturated rings. The van der Waals surface area contributed by atoms with Crippen molar-refractivity contribution in [3.05, 3.63) is 60.2 Å². The summed E-state index contributed by atoms with van der Waals surface area (Å²) in [5, 5.41) is 16.1. The summed E-state index contributed by atoms with van der Waals surface area (Å²) < 4.78 is 6.37. The van der Waals surface area contributed by atoms with Crippen molar-refractivity contribution in [2.24, 2.45) is 5.41 Å². The second-order valence-electron chi connectivity index (χ2n) is 11.5. The Morgan fingerprint density at radius 1 is 1.02 bits per heavy atom. The zero-order chi connectivity index (χ0) is 28.2. The molecule has 3 aromatic rings. The van der Waals surface area contributed by atoms with Crippen LogP contribution in [0.25, 0.3) is 0 Å². The number of carbonyl (C=O) groups is 1. The smallest absolute Gasteiger partial charge is 0.320 e. The van der Waals surface area contributed by atoms with Crippen LogP contribution >= 0.6 is 0 Å². The van der Waals surface area contributed by atoms with Crippen molar-refractivity contribution in [1.29, 1.82) is 0 Å². The maximum atomic E-state index is 11.5. The summed E-state index contributed by atoms with van der Waals surface area (Å²) >= 11 is 0. The van der Waals surface area contributed by atoms with E-state index in [4.69, 9.17) is 10.5 Å². The SMILES string of the molecule is Nc1nc(NCc2c(Oc3ccccc3)cccc2N2CCCCC2)cc(N2CCC3(CC2)CN[C@H](C(=O)O)C3)n1. The number of carboxylic acids is 1. The molecule has 0 unspecified atom stereocenters. The molecule has 41 heavy (non-hydrogen) atoms. The van der Waals surface area contributed by atoms with Crippen molar-refractivity contribution in [2.45, 2.75) is 51.1 Å². The van der Waals surface area contributed by atoms with Crippen LogP contribution in [-0.2, 0) is 11.3 Å². The molecule has 216 valence electrons. The standard InChI is InChI=1S/C31H39N7O3/c32-30-35-27(18-28(36-30)38-16-12-31(13-17-38)19-24(29(39)40)34-21-31)33-20-23-25(37-14-5-2-6-15-37)10-7-11-26(23)41-22-8-3-1-4-9-22/h1,3-4,7-11,18,24,34H,2,5-6,12-17,19-21H2,(H,39,40)(H3,32,33,35,36)/t24-/m0/s1. The van der Waals surface area contributed by atoms with Crippen LogP contribution in [0.4, 0.5) is 23.3 Å². The molecule has 1 atom stereocenters. The molecule has 5 N–H and O–H groups in total. The highest BCUT2D eigenvalue weighted by atomic mass is 16.5. The number of anilines is 4. The van der Waals surface area contributed by atoms with Gasteiger partial charge in [0.05, 0.1) is 0 Å². The molecule has 3 saturated heterocycles. The number of hydrogen-bond acceptors (Lipinski definition) is 9. The van der Waals surface area contributed by atoms with Gasteiger partial charge in [-0.25, -0.2) is 0 Å². The van der Waals surface area contributed by atoms with Gasteiger partial charge < -0.3 is 36.0 Å². The van der Waals surface area contributed by atoms with Crippen LogP contribution < -0.4 is 30.9 Å². The minimum Gasteiger partial charge on any atom is -0.480 e. The highest BCUT2D eigenvalue weighted by Crippen LogP contribution is 2.40. The van der Waals surface area contributed by atoms with E-state index in [-0.39, 0.29) is 11.4 Å². The number of rotatable bonds is 8. The van der Waals surface area contributed by atoms with Gasteiger partial charge in [0, 0.05) is 56.6 Å². The Morgan fingerprint density at radius 3 is 2.54 bits per heavy atom. The van der Waals surface area contributed by atoms with E-state index < -0.39 is 12.0 Å². The molecule has 3 aliphatic heterocycles. The number of carboxylic acid groups (broad SMARTS) is 1. The number of nitrogens with two attached hydrogens (primary N) is 1. The number of ether oxygens (including phenoxy) is 1. The maximum Gasteiger partial charge on any atom is 0.320 e. The molecule has 1 spiro atoms. The topological polar surface area (TPSA) is 129 Å². The molecule has 0 amide bonds. The van der Waals surface area contributed by atoms with Crippen LogP contribution in [-0.4, -0.2) is 59.8 Å². The number of nitrogen functional groups attached to an aromatic ring is 1. The van der Waals surface area contributed by atoms with E-state index in [2.05, 4.69) is 42.5 Å². The normalized spacial score (nSPS) is 20.2. The Hall–Kier alpha value is -4.05. The lowest BCUT2D eigenvalue weighted by molar-refractivity contribution is -0.139. The largest absolute Gasteiger partial charge is 0.480 e. The minimum atomic E-state index is -0.761. The molecule has 10 nitrogen and oxygen atoms in total. The molecular weight excluding hydrogens is 518 g/mol. The average molecular weight is 558 g/mol. The van der Waals surface area contributed by atoms with E-state index in [1.165, 1.54) is 24.9 Å². The second-order valence-corrected chi connectivity index (χ2v) is 11.5. The Morgan fingerprint density at radius 2 is 1.80 bits per heavy atom. The number of aromatic nitrogens is 2. The van der Waals surface area contributed by atoms with Gasteiger partial charge in [0.15, 0.2) is 0 Å². The Balaban J connectivity index is 1.19. The van der Waals surface area contributed by atoms with Crippen molar-refractivity contribution in [2.75, 3.05) is 53.6 Å². The van der Waals surface area contributed by atoms with E-state index in [1.807, 2.05) is 42.5 Å². The Labute approximate surface area is 240 Å². The Kier molecular flexibility index (Phi) is 7.82. The van der Waals surface area contributed by atoms with Crippen LogP contribution in [0.1, 0.15) is 44.1 Å². The predicted molar refractivity (Wildman–Crippen MR) is 161 cm³/mol. The van der Waals surface area contributed by atoms with Crippen LogP contribution in [0, 0.1) is 5.41 Å².